The van der Waals surface area contributed by atoms with E-state index in [-0.39, 0.29) is 30.2 Å². The van der Waals surface area contributed by atoms with Gasteiger partial charge in [0.05, 0.1) is 11.6 Å². The number of nitrogens with zero attached hydrogens (tertiary/aromatic N) is 1. The van der Waals surface area contributed by atoms with E-state index in [1.165, 1.54) is 12.1 Å². The summed E-state index contributed by atoms with van der Waals surface area (Å²) in [6.45, 7) is 0.196. The van der Waals surface area contributed by atoms with Crippen molar-refractivity contribution in [1.29, 1.82) is 0 Å². The number of benzene rings is 3. The second-order valence-electron chi connectivity index (χ2n) is 9.57. The van der Waals surface area contributed by atoms with Crippen LogP contribution in [0.15, 0.2) is 72.8 Å². The molecule has 184 valence electrons. The van der Waals surface area contributed by atoms with Gasteiger partial charge in [-0.1, -0.05) is 66.7 Å². The maximum Gasteiger partial charge on any atom is 0.419 e. The molecule has 2 atom stereocenters. The van der Waals surface area contributed by atoms with Crippen LogP contribution < -0.4 is 0 Å². The lowest BCUT2D eigenvalue weighted by Crippen LogP contribution is -2.43. The van der Waals surface area contributed by atoms with Gasteiger partial charge < -0.3 is 4.74 Å². The predicted molar refractivity (Wildman–Crippen MR) is 128 cm³/mol. The van der Waals surface area contributed by atoms with Crippen LogP contribution >= 0.6 is 0 Å². The van der Waals surface area contributed by atoms with E-state index in [0.717, 1.165) is 28.3 Å². The summed E-state index contributed by atoms with van der Waals surface area (Å²) in [4.78, 5) is 14.9. The van der Waals surface area contributed by atoms with E-state index in [0.29, 0.717) is 24.8 Å². The first-order valence-corrected chi connectivity index (χ1v) is 12.0. The third-order valence-electron chi connectivity index (χ3n) is 7.59. The van der Waals surface area contributed by atoms with Crippen LogP contribution in [0.1, 0.15) is 47.4 Å². The molecule has 6 rings (SSSR count). The number of rotatable bonds is 3. The van der Waals surface area contributed by atoms with Gasteiger partial charge in [-0.15, -0.1) is 0 Å². The highest BCUT2D eigenvalue weighted by Gasteiger charge is 2.42. The van der Waals surface area contributed by atoms with Crippen LogP contribution in [-0.4, -0.2) is 29.7 Å². The smallest absolute Gasteiger partial charge is 0.419 e. The largest absolute Gasteiger partial charge is 0.448 e. The van der Waals surface area contributed by atoms with Crippen molar-refractivity contribution >= 4 is 11.7 Å². The Hall–Kier alpha value is -3.61. The fourth-order valence-corrected chi connectivity index (χ4v) is 5.98. The van der Waals surface area contributed by atoms with Gasteiger partial charge in [-0.05, 0) is 53.2 Å². The molecule has 3 aromatic carbocycles. The van der Waals surface area contributed by atoms with Crippen molar-refractivity contribution in [3.8, 4) is 11.1 Å². The van der Waals surface area contributed by atoms with Gasteiger partial charge in [-0.25, -0.2) is 9.18 Å². The molecule has 2 aliphatic heterocycles. The first-order valence-electron chi connectivity index (χ1n) is 12.0. The van der Waals surface area contributed by atoms with Crippen LogP contribution in [-0.2, 0) is 10.9 Å². The number of hydrogen-bond donors (Lipinski definition) is 0. The van der Waals surface area contributed by atoms with E-state index in [2.05, 4.69) is 24.3 Å². The normalized spacial score (nSPS) is 20.7. The lowest BCUT2D eigenvalue weighted by atomic mass is 9.93. The van der Waals surface area contributed by atoms with Gasteiger partial charge in [-0.2, -0.15) is 13.2 Å². The molecule has 3 aromatic rings. The van der Waals surface area contributed by atoms with Crippen LogP contribution in [0.4, 0.5) is 22.4 Å². The number of hydrogen-bond acceptors (Lipinski definition) is 2. The standard InChI is InChI=1S/C29H23F4NO2/c30-27-20(10-5-11-26(27)29(31,32)33)17-14-18-12-13-19(15-17)34(18)28(35)36-16-25-23-8-3-1-6-21(23)22-7-2-4-9-24(22)25/h1-11,14,18-19,25H,12-13,15-16H2. The van der Waals surface area contributed by atoms with E-state index in [1.54, 1.807) is 11.0 Å². The number of carbonyl (C=O) groups excluding carboxylic acids is 1. The van der Waals surface area contributed by atoms with Gasteiger partial charge in [0, 0.05) is 17.5 Å². The summed E-state index contributed by atoms with van der Waals surface area (Å²) in [5.41, 5.74) is 3.71. The summed E-state index contributed by atoms with van der Waals surface area (Å²) in [5, 5.41) is 0. The monoisotopic (exact) mass is 493 g/mol. The Morgan fingerprint density at radius 2 is 1.53 bits per heavy atom. The molecule has 1 amide bonds. The van der Waals surface area contributed by atoms with Crippen molar-refractivity contribution in [2.45, 2.75) is 43.4 Å². The molecule has 2 unspecified atom stereocenters. The van der Waals surface area contributed by atoms with E-state index in [1.807, 2.05) is 24.3 Å². The number of halogens is 4. The third kappa shape index (κ3) is 3.69. The maximum absolute atomic E-state index is 14.8. The Labute approximate surface area is 206 Å². The first kappa shape index (κ1) is 22.8. The fourth-order valence-electron chi connectivity index (χ4n) is 5.98. The minimum atomic E-state index is -4.76. The molecule has 2 heterocycles. The highest BCUT2D eigenvalue weighted by molar-refractivity contribution is 5.79. The van der Waals surface area contributed by atoms with Gasteiger partial charge in [-0.3, -0.25) is 4.90 Å². The van der Waals surface area contributed by atoms with Crippen LogP contribution in [0.5, 0.6) is 0 Å². The van der Waals surface area contributed by atoms with Crippen molar-refractivity contribution in [3.05, 3.63) is 101 Å². The topological polar surface area (TPSA) is 29.5 Å². The quantitative estimate of drug-likeness (QED) is 0.356. The molecule has 0 spiro atoms. The van der Waals surface area contributed by atoms with Gasteiger partial charge in [0.25, 0.3) is 0 Å². The van der Waals surface area contributed by atoms with Crippen molar-refractivity contribution in [3.63, 3.8) is 0 Å². The van der Waals surface area contributed by atoms with E-state index in [4.69, 9.17) is 4.74 Å². The van der Waals surface area contributed by atoms with Gasteiger partial charge >= 0.3 is 12.3 Å². The molecule has 0 radical (unpaired) electrons. The average Bonchev–Trinajstić information content (AvgIpc) is 3.32. The van der Waals surface area contributed by atoms with Crippen molar-refractivity contribution in [2.24, 2.45) is 0 Å². The minimum Gasteiger partial charge on any atom is -0.448 e. The molecule has 36 heavy (non-hydrogen) atoms. The average molecular weight is 494 g/mol. The molecule has 0 saturated carbocycles. The molecule has 2 bridgehead atoms. The minimum absolute atomic E-state index is 0.0473. The molecule has 3 aliphatic rings. The number of amides is 1. The van der Waals surface area contributed by atoms with E-state index >= 15 is 0 Å². The van der Waals surface area contributed by atoms with Gasteiger partial charge in [0.1, 0.15) is 12.4 Å². The number of alkyl halides is 3. The predicted octanol–water partition coefficient (Wildman–Crippen LogP) is 7.41. The summed E-state index contributed by atoms with van der Waals surface area (Å²) in [6.07, 6.45) is -1.83. The van der Waals surface area contributed by atoms with Crippen molar-refractivity contribution in [1.82, 2.24) is 4.90 Å². The maximum atomic E-state index is 14.8. The zero-order valence-electron chi connectivity index (χ0n) is 19.3. The molecule has 1 fully saturated rings. The SMILES string of the molecule is O=C(OCC1c2ccccc2-c2ccccc21)N1C2C=C(c3cccc(C(F)(F)F)c3F)CC1CC2. The van der Waals surface area contributed by atoms with Gasteiger partial charge in [0.2, 0.25) is 0 Å². The molecule has 0 aromatic heterocycles. The summed E-state index contributed by atoms with van der Waals surface area (Å²) in [6, 6.07) is 19.0. The Morgan fingerprint density at radius 1 is 0.889 bits per heavy atom. The van der Waals surface area contributed by atoms with Crippen LogP contribution in [0.25, 0.3) is 16.7 Å². The Morgan fingerprint density at radius 3 is 2.17 bits per heavy atom. The molecule has 0 N–H and O–H groups in total. The first-order chi connectivity index (χ1) is 17.3. The van der Waals surface area contributed by atoms with E-state index in [9.17, 15) is 22.4 Å². The van der Waals surface area contributed by atoms with Crippen molar-refractivity contribution < 1.29 is 27.1 Å². The third-order valence-corrected chi connectivity index (χ3v) is 7.59. The van der Waals surface area contributed by atoms with Crippen LogP contribution in [0, 0.1) is 5.82 Å². The molecule has 1 saturated heterocycles. The second-order valence-corrected chi connectivity index (χ2v) is 9.57. The lowest BCUT2D eigenvalue weighted by molar-refractivity contribution is -0.140. The summed E-state index contributed by atoms with van der Waals surface area (Å²) >= 11 is 0. The molecular weight excluding hydrogens is 470 g/mol. The zero-order chi connectivity index (χ0) is 25.0. The number of carbonyl (C=O) groups is 1. The summed E-state index contributed by atoms with van der Waals surface area (Å²) in [5.74, 6) is -1.32. The molecular formula is C29H23F4NO2. The Bertz CT molecular complexity index is 1330. The molecule has 7 heteroatoms. The van der Waals surface area contributed by atoms with E-state index < -0.39 is 23.7 Å². The summed E-state index contributed by atoms with van der Waals surface area (Å²) < 4.78 is 60.2. The lowest BCUT2D eigenvalue weighted by Gasteiger charge is -2.34. The fraction of sp³-hybridized carbons (Fsp3) is 0.276. The highest BCUT2D eigenvalue weighted by atomic mass is 19.4. The summed E-state index contributed by atoms with van der Waals surface area (Å²) in [7, 11) is 0. The molecule has 3 nitrogen and oxygen atoms in total. The zero-order valence-corrected chi connectivity index (χ0v) is 19.3. The van der Waals surface area contributed by atoms with Crippen LogP contribution in [0.3, 0.4) is 0 Å². The van der Waals surface area contributed by atoms with Crippen LogP contribution in [0.2, 0.25) is 0 Å². The highest BCUT2D eigenvalue weighted by Crippen LogP contribution is 2.45. The number of fused-ring (bicyclic) bond motifs is 5. The Balaban J connectivity index is 1.21. The number of ether oxygens (including phenoxy) is 1. The van der Waals surface area contributed by atoms with Gasteiger partial charge in [0.15, 0.2) is 0 Å². The molecule has 1 aliphatic carbocycles. The van der Waals surface area contributed by atoms with Crippen molar-refractivity contribution in [2.75, 3.05) is 6.61 Å². The second kappa shape index (κ2) is 8.50. The Kier molecular flexibility index (Phi) is 5.39.